The van der Waals surface area contributed by atoms with Gasteiger partial charge in [-0.1, -0.05) is 0 Å². The number of fused-ring (bicyclic) bond motifs is 3. The van der Waals surface area contributed by atoms with E-state index in [1.54, 1.807) is 12.1 Å². The molecule has 1 aromatic heterocycles. The van der Waals surface area contributed by atoms with Crippen LogP contribution in [0.25, 0.3) is 0 Å². The van der Waals surface area contributed by atoms with E-state index in [0.29, 0.717) is 51.0 Å². The first-order valence-corrected chi connectivity index (χ1v) is 14.8. The predicted octanol–water partition coefficient (Wildman–Crippen LogP) is 1.68. The van der Waals surface area contributed by atoms with Gasteiger partial charge < -0.3 is 48.6 Å². The van der Waals surface area contributed by atoms with Crippen LogP contribution >= 0.6 is 0 Å². The lowest BCUT2D eigenvalue weighted by Crippen LogP contribution is -2.56. The molecule has 16 heteroatoms. The molecule has 5 heterocycles. The fourth-order valence-electron chi connectivity index (χ4n) is 5.84. The highest BCUT2D eigenvalue weighted by molar-refractivity contribution is 5.52. The Morgan fingerprint density at radius 3 is 2.32 bits per heavy atom. The van der Waals surface area contributed by atoms with Crippen LogP contribution in [0.15, 0.2) is 24.3 Å². The number of ether oxygens (including phenoxy) is 6. The molecule has 6 rings (SSSR count). The summed E-state index contributed by atoms with van der Waals surface area (Å²) < 4.78 is 36.9. The molecular weight excluding hydrogens is 578 g/mol. The van der Waals surface area contributed by atoms with Crippen molar-refractivity contribution in [3.05, 3.63) is 34.4 Å². The van der Waals surface area contributed by atoms with E-state index in [0.717, 1.165) is 5.69 Å². The van der Waals surface area contributed by atoms with E-state index in [1.807, 2.05) is 32.6 Å². The van der Waals surface area contributed by atoms with Crippen molar-refractivity contribution in [3.8, 4) is 6.01 Å². The molecule has 2 aromatic rings. The molecule has 4 aliphatic heterocycles. The number of aromatic nitrogens is 3. The molecule has 16 nitrogen and oxygen atoms in total. The highest BCUT2D eigenvalue weighted by Crippen LogP contribution is 2.44. The quantitative estimate of drug-likeness (QED) is 0.223. The van der Waals surface area contributed by atoms with E-state index in [4.69, 9.17) is 28.4 Å². The Morgan fingerprint density at radius 1 is 0.955 bits per heavy atom. The number of nitro benzene ring substituents is 1. The highest BCUT2D eigenvalue weighted by Gasteiger charge is 2.60. The van der Waals surface area contributed by atoms with Gasteiger partial charge in [0, 0.05) is 57.2 Å². The average molecular weight is 618 g/mol. The molecule has 0 saturated carbocycles. The smallest absolute Gasteiger partial charge is 0.323 e. The molecule has 0 amide bonds. The maximum absolute atomic E-state index is 11.0. The molecule has 4 fully saturated rings. The Morgan fingerprint density at radius 2 is 1.61 bits per heavy atom. The number of benzene rings is 1. The van der Waals surface area contributed by atoms with E-state index in [-0.39, 0.29) is 24.9 Å². The lowest BCUT2D eigenvalue weighted by molar-refractivity contribution is -0.384. The van der Waals surface area contributed by atoms with Crippen LogP contribution in [0.5, 0.6) is 6.01 Å². The third-order valence-corrected chi connectivity index (χ3v) is 7.84. The predicted molar refractivity (Wildman–Crippen MR) is 156 cm³/mol. The first-order valence-electron chi connectivity index (χ1n) is 14.8. The van der Waals surface area contributed by atoms with Crippen LogP contribution in [0.3, 0.4) is 0 Å². The average Bonchev–Trinajstić information content (AvgIpc) is 3.49. The summed E-state index contributed by atoms with van der Waals surface area (Å²) in [5, 5.41) is 23.4. The van der Waals surface area contributed by atoms with Crippen molar-refractivity contribution in [2.75, 3.05) is 61.1 Å². The number of non-ortho nitro benzene ring substituents is 1. The minimum absolute atomic E-state index is 0.0314. The molecule has 1 aromatic carbocycles. The van der Waals surface area contributed by atoms with Gasteiger partial charge in [-0.25, -0.2) is 0 Å². The number of piperazine rings is 1. The van der Waals surface area contributed by atoms with E-state index in [2.05, 4.69) is 25.2 Å². The standard InChI is InChI=1S/C28H39N7O9/c1-27(2)41-20-19(40-23-22(21(20)42-27)43-28(3,4)44-23)16-39-26-31-24(29-10-5-15-36)30-25(32-26)34-13-11-33(12-14-34)17-6-8-18(9-7-17)35(37)38/h6-9,19-23,36H,5,10-16H2,1-4H3,(H,29,30,31,32)/t19-,20+,21+,22-,23-/m1/s1. The van der Waals surface area contributed by atoms with Crippen LogP contribution in [0.1, 0.15) is 34.1 Å². The van der Waals surface area contributed by atoms with Crippen LogP contribution in [0.2, 0.25) is 0 Å². The van der Waals surface area contributed by atoms with Crippen LogP contribution < -0.4 is 19.9 Å². The largest absolute Gasteiger partial charge is 0.460 e. The third-order valence-electron chi connectivity index (χ3n) is 7.84. The molecular formula is C28H39N7O9. The summed E-state index contributed by atoms with van der Waals surface area (Å²) in [6, 6.07) is 6.65. The normalized spacial score (nSPS) is 28.8. The van der Waals surface area contributed by atoms with Gasteiger partial charge in [-0.15, -0.1) is 0 Å². The fraction of sp³-hybridized carbons (Fsp3) is 0.679. The maximum Gasteiger partial charge on any atom is 0.323 e. The molecule has 5 atom stereocenters. The van der Waals surface area contributed by atoms with E-state index >= 15 is 0 Å². The van der Waals surface area contributed by atoms with E-state index in [9.17, 15) is 15.2 Å². The van der Waals surface area contributed by atoms with Gasteiger partial charge in [-0.2, -0.15) is 15.0 Å². The van der Waals surface area contributed by atoms with Crippen LogP contribution in [0, 0.1) is 10.1 Å². The topological polar surface area (TPSA) is 176 Å². The molecule has 44 heavy (non-hydrogen) atoms. The van der Waals surface area contributed by atoms with Crippen LogP contribution in [-0.2, 0) is 23.7 Å². The Bertz CT molecular complexity index is 1320. The molecule has 0 spiro atoms. The van der Waals surface area contributed by atoms with E-state index < -0.39 is 47.2 Å². The summed E-state index contributed by atoms with van der Waals surface area (Å²) in [6.07, 6.45) is -1.97. The summed E-state index contributed by atoms with van der Waals surface area (Å²) >= 11 is 0. The van der Waals surface area contributed by atoms with Crippen LogP contribution in [-0.4, -0.2) is 113 Å². The van der Waals surface area contributed by atoms with Gasteiger partial charge >= 0.3 is 6.01 Å². The summed E-state index contributed by atoms with van der Waals surface area (Å²) in [6.45, 7) is 10.5. The third kappa shape index (κ3) is 6.64. The van der Waals surface area contributed by atoms with Gasteiger partial charge in [0.15, 0.2) is 17.9 Å². The molecule has 0 bridgehead atoms. The molecule has 4 aliphatic rings. The van der Waals surface area contributed by atoms with Crippen molar-refractivity contribution in [2.24, 2.45) is 0 Å². The summed E-state index contributed by atoms with van der Waals surface area (Å²) in [7, 11) is 0. The maximum atomic E-state index is 11.0. The van der Waals surface area contributed by atoms with Gasteiger partial charge in [-0.05, 0) is 46.2 Å². The fourth-order valence-corrected chi connectivity index (χ4v) is 5.84. The second kappa shape index (κ2) is 12.2. The second-order valence-corrected chi connectivity index (χ2v) is 12.0. The first kappa shape index (κ1) is 30.6. The Labute approximate surface area is 254 Å². The zero-order valence-electron chi connectivity index (χ0n) is 25.2. The highest BCUT2D eigenvalue weighted by atomic mass is 16.9. The number of nitro groups is 1. The minimum Gasteiger partial charge on any atom is -0.460 e. The van der Waals surface area contributed by atoms with Gasteiger partial charge in [0.05, 0.1) is 4.92 Å². The number of anilines is 3. The molecule has 240 valence electrons. The lowest BCUT2D eigenvalue weighted by atomic mass is 9.99. The SMILES string of the molecule is CC1(C)O[C@H]2[C@@H](O1)[C@@H](COc1nc(NCCCO)nc(N3CCN(c4ccc([N+](=O)[O-])cc4)CC3)n1)O[C@@H]1OC(C)(C)O[C@@H]12. The van der Waals surface area contributed by atoms with Crippen molar-refractivity contribution in [3.63, 3.8) is 0 Å². The van der Waals surface area contributed by atoms with Gasteiger partial charge in [-0.3, -0.25) is 10.1 Å². The zero-order chi connectivity index (χ0) is 31.1. The van der Waals surface area contributed by atoms with Crippen LogP contribution in [0.4, 0.5) is 23.3 Å². The number of nitrogens with one attached hydrogen (secondary N) is 1. The van der Waals surface area contributed by atoms with Gasteiger partial charge in [0.25, 0.3) is 5.69 Å². The summed E-state index contributed by atoms with van der Waals surface area (Å²) in [5.74, 6) is -0.882. The van der Waals surface area contributed by atoms with Crippen molar-refractivity contribution < 1.29 is 38.5 Å². The van der Waals surface area contributed by atoms with Crippen molar-refractivity contribution in [1.82, 2.24) is 15.0 Å². The van der Waals surface area contributed by atoms with Gasteiger partial charge in [0.2, 0.25) is 11.9 Å². The number of aliphatic hydroxyl groups is 1. The zero-order valence-corrected chi connectivity index (χ0v) is 25.2. The molecule has 0 aliphatic carbocycles. The number of nitrogens with zero attached hydrogens (tertiary/aromatic N) is 6. The molecule has 0 radical (unpaired) electrons. The summed E-state index contributed by atoms with van der Waals surface area (Å²) in [5.41, 5.74) is 0.972. The van der Waals surface area contributed by atoms with Crippen molar-refractivity contribution in [1.29, 1.82) is 0 Å². The Hall–Kier alpha value is -3.41. The Balaban J connectivity index is 1.15. The van der Waals surface area contributed by atoms with Crippen molar-refractivity contribution in [2.45, 2.75) is 76.4 Å². The van der Waals surface area contributed by atoms with Gasteiger partial charge in [0.1, 0.15) is 31.0 Å². The minimum atomic E-state index is -0.831. The number of aliphatic hydroxyl groups excluding tert-OH is 1. The second-order valence-electron chi connectivity index (χ2n) is 12.0. The van der Waals surface area contributed by atoms with Crippen molar-refractivity contribution >= 4 is 23.3 Å². The number of rotatable bonds is 10. The lowest BCUT2D eigenvalue weighted by Gasteiger charge is -2.37. The van der Waals surface area contributed by atoms with E-state index in [1.165, 1.54) is 12.1 Å². The first-order chi connectivity index (χ1) is 21.0. The number of hydrogen-bond donors (Lipinski definition) is 2. The number of hydrogen-bond acceptors (Lipinski definition) is 15. The molecule has 0 unspecified atom stereocenters. The monoisotopic (exact) mass is 617 g/mol. The molecule has 2 N–H and O–H groups in total. The Kier molecular flexibility index (Phi) is 8.47. The summed E-state index contributed by atoms with van der Waals surface area (Å²) in [4.78, 5) is 28.5. The molecule has 4 saturated heterocycles.